The topological polar surface area (TPSA) is 32.3 Å². The zero-order valence-corrected chi connectivity index (χ0v) is 9.43. The Balaban J connectivity index is 3.73. The van der Waals surface area contributed by atoms with Crippen LogP contribution in [-0.4, -0.2) is 17.8 Å². The van der Waals surface area contributed by atoms with E-state index in [1.807, 2.05) is 19.9 Å². The van der Waals surface area contributed by atoms with Crippen LogP contribution >= 0.6 is 11.6 Å². The molecule has 0 aliphatic rings. The molecule has 0 aromatic heterocycles. The molecule has 0 aliphatic carbocycles. The Hall–Kier alpha value is -0.210. The van der Waals surface area contributed by atoms with E-state index in [-0.39, 0.29) is 6.61 Å². The maximum Gasteiger partial charge on any atom is 0.0979 e. The van der Waals surface area contributed by atoms with Crippen molar-refractivity contribution >= 4 is 11.6 Å². The second-order valence-corrected chi connectivity index (χ2v) is 3.94. The highest BCUT2D eigenvalue weighted by atomic mass is 35.5. The molecule has 0 saturated carbocycles. The molecule has 1 unspecified atom stereocenters. The minimum atomic E-state index is 0.237. The molecular formula is C10H20ClNO. The fourth-order valence-electron chi connectivity index (χ4n) is 1.21. The molecule has 0 saturated heterocycles. The van der Waals surface area contributed by atoms with Gasteiger partial charge in [0.05, 0.1) is 5.16 Å². The van der Waals surface area contributed by atoms with Gasteiger partial charge in [0.25, 0.3) is 0 Å². The number of hydrogen-bond donors (Lipinski definition) is 2. The van der Waals surface area contributed by atoms with Gasteiger partial charge in [-0.25, -0.2) is 0 Å². The molecule has 13 heavy (non-hydrogen) atoms. The van der Waals surface area contributed by atoms with Gasteiger partial charge in [-0.3, -0.25) is 0 Å². The maximum absolute atomic E-state index is 8.85. The molecule has 0 spiro atoms. The highest BCUT2D eigenvalue weighted by Gasteiger charge is 2.07. The number of allylic oxidation sites excluding steroid dienone is 1. The van der Waals surface area contributed by atoms with Gasteiger partial charge in [0.2, 0.25) is 0 Å². The van der Waals surface area contributed by atoms with Crippen molar-refractivity contribution in [2.24, 2.45) is 5.92 Å². The molecule has 0 aromatic carbocycles. The van der Waals surface area contributed by atoms with Crippen molar-refractivity contribution in [2.45, 2.75) is 39.7 Å². The first-order chi connectivity index (χ1) is 6.10. The van der Waals surface area contributed by atoms with Crippen LogP contribution in [0.4, 0.5) is 0 Å². The molecule has 0 fully saturated rings. The summed E-state index contributed by atoms with van der Waals surface area (Å²) in [5.74, 6) is 0.327. The summed E-state index contributed by atoms with van der Waals surface area (Å²) in [6.45, 7) is 6.37. The molecule has 0 heterocycles. The van der Waals surface area contributed by atoms with Crippen molar-refractivity contribution in [3.8, 4) is 0 Å². The molecule has 0 radical (unpaired) electrons. The Morgan fingerprint density at radius 3 is 2.62 bits per heavy atom. The second kappa shape index (κ2) is 7.22. The first-order valence-corrected chi connectivity index (χ1v) is 5.21. The number of nitrogens with one attached hydrogen (secondary N) is 1. The Labute approximate surface area is 86.0 Å². The Morgan fingerprint density at radius 1 is 1.54 bits per heavy atom. The molecule has 0 rings (SSSR count). The summed E-state index contributed by atoms with van der Waals surface area (Å²) >= 11 is 5.89. The Bertz CT molecular complexity index is 159. The lowest BCUT2D eigenvalue weighted by molar-refractivity contribution is 0.222. The predicted molar refractivity (Wildman–Crippen MR) is 57.7 cm³/mol. The summed E-state index contributed by atoms with van der Waals surface area (Å²) in [4.78, 5) is 0. The van der Waals surface area contributed by atoms with Gasteiger partial charge in [-0.05, 0) is 31.8 Å². The van der Waals surface area contributed by atoms with Crippen molar-refractivity contribution in [1.82, 2.24) is 5.32 Å². The van der Waals surface area contributed by atoms with Crippen LogP contribution in [0.25, 0.3) is 0 Å². The second-order valence-electron chi connectivity index (χ2n) is 3.53. The van der Waals surface area contributed by atoms with Crippen molar-refractivity contribution in [3.05, 3.63) is 11.2 Å². The minimum Gasteiger partial charge on any atom is -0.396 e. The normalized spacial score (nSPS) is 16.8. The van der Waals surface area contributed by atoms with Gasteiger partial charge in [0.15, 0.2) is 0 Å². The Kier molecular flexibility index (Phi) is 7.10. The monoisotopic (exact) mass is 205 g/mol. The van der Waals surface area contributed by atoms with Crippen LogP contribution in [-0.2, 0) is 0 Å². The third-order valence-corrected chi connectivity index (χ3v) is 2.10. The van der Waals surface area contributed by atoms with Gasteiger partial charge in [0, 0.05) is 12.6 Å². The lowest BCUT2D eigenvalue weighted by Crippen LogP contribution is -2.26. The van der Waals surface area contributed by atoms with Crippen LogP contribution in [0.5, 0.6) is 0 Å². The van der Waals surface area contributed by atoms with E-state index in [4.69, 9.17) is 16.7 Å². The molecule has 78 valence electrons. The fraction of sp³-hybridized carbons (Fsp3) is 0.800. The van der Waals surface area contributed by atoms with E-state index >= 15 is 0 Å². The minimum absolute atomic E-state index is 0.237. The molecule has 0 bridgehead atoms. The highest BCUT2D eigenvalue weighted by molar-refractivity contribution is 6.29. The molecule has 0 aromatic rings. The molecular weight excluding hydrogens is 186 g/mol. The third-order valence-electron chi connectivity index (χ3n) is 1.84. The van der Waals surface area contributed by atoms with Crippen molar-refractivity contribution in [3.63, 3.8) is 0 Å². The van der Waals surface area contributed by atoms with Gasteiger partial charge in [-0.2, -0.15) is 0 Å². The molecule has 0 aliphatic heterocycles. The number of aliphatic hydroxyl groups is 1. The largest absolute Gasteiger partial charge is 0.396 e. The number of halogens is 1. The SMILES string of the molecule is CC/C=C(/Cl)NC(C)C[C@H](C)CO. The average Bonchev–Trinajstić information content (AvgIpc) is 2.04. The zero-order chi connectivity index (χ0) is 10.3. The van der Waals surface area contributed by atoms with E-state index in [9.17, 15) is 0 Å². The number of rotatable bonds is 6. The standard InChI is InChI=1S/C10H20ClNO/c1-4-5-10(11)12-9(3)6-8(2)7-13/h5,8-9,12-13H,4,6-7H2,1-3H3/b10-5-/t8-,9?/m0/s1. The number of aliphatic hydroxyl groups excluding tert-OH is 1. The number of hydrogen-bond acceptors (Lipinski definition) is 2. The first-order valence-electron chi connectivity index (χ1n) is 4.83. The molecule has 2 nitrogen and oxygen atoms in total. The lowest BCUT2D eigenvalue weighted by atomic mass is 10.0. The highest BCUT2D eigenvalue weighted by Crippen LogP contribution is 2.08. The van der Waals surface area contributed by atoms with E-state index in [0.717, 1.165) is 12.8 Å². The maximum atomic E-state index is 8.85. The van der Waals surface area contributed by atoms with E-state index in [0.29, 0.717) is 17.1 Å². The summed E-state index contributed by atoms with van der Waals surface area (Å²) in [6, 6.07) is 0.317. The van der Waals surface area contributed by atoms with Crippen LogP contribution in [0.2, 0.25) is 0 Å². The summed E-state index contributed by atoms with van der Waals surface area (Å²) < 4.78 is 0. The van der Waals surface area contributed by atoms with Crippen LogP contribution in [0.15, 0.2) is 11.2 Å². The van der Waals surface area contributed by atoms with E-state index in [1.54, 1.807) is 0 Å². The van der Waals surface area contributed by atoms with Gasteiger partial charge in [-0.1, -0.05) is 25.4 Å². The molecule has 2 atom stereocenters. The van der Waals surface area contributed by atoms with Crippen LogP contribution in [0.3, 0.4) is 0 Å². The van der Waals surface area contributed by atoms with Crippen molar-refractivity contribution < 1.29 is 5.11 Å². The molecule has 3 heteroatoms. The summed E-state index contributed by atoms with van der Waals surface area (Å²) in [7, 11) is 0. The Morgan fingerprint density at radius 2 is 2.15 bits per heavy atom. The van der Waals surface area contributed by atoms with E-state index < -0.39 is 0 Å². The lowest BCUT2D eigenvalue weighted by Gasteiger charge is -2.17. The van der Waals surface area contributed by atoms with E-state index in [2.05, 4.69) is 12.2 Å². The molecule has 2 N–H and O–H groups in total. The van der Waals surface area contributed by atoms with Crippen LogP contribution < -0.4 is 5.32 Å². The van der Waals surface area contributed by atoms with Crippen LogP contribution in [0.1, 0.15) is 33.6 Å². The third kappa shape index (κ3) is 6.91. The smallest absolute Gasteiger partial charge is 0.0979 e. The molecule has 0 amide bonds. The van der Waals surface area contributed by atoms with Gasteiger partial charge >= 0.3 is 0 Å². The van der Waals surface area contributed by atoms with Crippen molar-refractivity contribution in [2.75, 3.05) is 6.61 Å². The fourth-order valence-corrected chi connectivity index (χ4v) is 1.55. The van der Waals surface area contributed by atoms with E-state index in [1.165, 1.54) is 0 Å². The van der Waals surface area contributed by atoms with Crippen molar-refractivity contribution in [1.29, 1.82) is 0 Å². The van der Waals surface area contributed by atoms with Gasteiger partial charge < -0.3 is 10.4 Å². The summed E-state index contributed by atoms with van der Waals surface area (Å²) in [5, 5.41) is 12.7. The first kappa shape index (κ1) is 12.8. The van der Waals surface area contributed by atoms with Gasteiger partial charge in [0.1, 0.15) is 0 Å². The predicted octanol–water partition coefficient (Wildman–Crippen LogP) is 2.47. The average molecular weight is 206 g/mol. The summed E-state index contributed by atoms with van der Waals surface area (Å²) in [6.07, 6.45) is 3.82. The zero-order valence-electron chi connectivity index (χ0n) is 8.68. The van der Waals surface area contributed by atoms with Gasteiger partial charge in [-0.15, -0.1) is 0 Å². The summed E-state index contributed by atoms with van der Waals surface area (Å²) in [5.41, 5.74) is 0. The quantitative estimate of drug-likeness (QED) is 0.653. The van der Waals surface area contributed by atoms with Crippen LogP contribution in [0, 0.1) is 5.92 Å².